The monoisotopic (exact) mass is 304 g/mol. The molecule has 0 bridgehead atoms. The molecule has 1 heterocycles. The molecule has 0 N–H and O–H groups in total. The van der Waals surface area contributed by atoms with Crippen molar-refractivity contribution in [2.24, 2.45) is 0 Å². The van der Waals surface area contributed by atoms with Crippen LogP contribution in [0.4, 0.5) is 0 Å². The van der Waals surface area contributed by atoms with Crippen molar-refractivity contribution in [2.75, 3.05) is 7.11 Å². The summed E-state index contributed by atoms with van der Waals surface area (Å²) < 4.78 is 26.0. The Hall–Kier alpha value is -1.67. The van der Waals surface area contributed by atoms with Crippen molar-refractivity contribution in [3.8, 4) is 0 Å². The largest absolute Gasteiger partial charge is 0.456 e. The molecule has 0 aromatic rings. The Morgan fingerprint density at radius 2 is 1.24 bits per heavy atom. The number of esters is 3. The van der Waals surface area contributed by atoms with Crippen molar-refractivity contribution in [3.63, 3.8) is 0 Å². The molecule has 8 heteroatoms. The Morgan fingerprint density at radius 3 is 1.67 bits per heavy atom. The molecule has 0 aromatic heterocycles. The van der Waals surface area contributed by atoms with Crippen molar-refractivity contribution < 1.29 is 38.1 Å². The molecule has 0 saturated carbocycles. The Balaban J connectivity index is 3.08. The van der Waals surface area contributed by atoms with Crippen LogP contribution < -0.4 is 0 Å². The number of methoxy groups -OCH3 is 1. The van der Waals surface area contributed by atoms with Crippen molar-refractivity contribution in [1.29, 1.82) is 0 Å². The highest BCUT2D eigenvalue weighted by Crippen LogP contribution is 2.28. The Kier molecular flexibility index (Phi) is 6.10. The van der Waals surface area contributed by atoms with Gasteiger partial charge in [0.25, 0.3) is 0 Å². The molecule has 0 amide bonds. The summed E-state index contributed by atoms with van der Waals surface area (Å²) in [5, 5.41) is 0. The third kappa shape index (κ3) is 4.68. The summed E-state index contributed by atoms with van der Waals surface area (Å²) in [7, 11) is 1.37. The molecule has 21 heavy (non-hydrogen) atoms. The van der Waals surface area contributed by atoms with Gasteiger partial charge in [-0.05, 0) is 6.92 Å². The van der Waals surface area contributed by atoms with Crippen molar-refractivity contribution in [1.82, 2.24) is 0 Å². The summed E-state index contributed by atoms with van der Waals surface area (Å²) >= 11 is 0. The van der Waals surface area contributed by atoms with Gasteiger partial charge in [0.1, 0.15) is 0 Å². The first-order valence-electron chi connectivity index (χ1n) is 6.46. The van der Waals surface area contributed by atoms with Crippen LogP contribution in [0.3, 0.4) is 0 Å². The quantitative estimate of drug-likeness (QED) is 0.535. The van der Waals surface area contributed by atoms with E-state index < -0.39 is 48.6 Å². The fourth-order valence-electron chi connectivity index (χ4n) is 2.16. The van der Waals surface area contributed by atoms with E-state index in [0.717, 1.165) is 0 Å². The lowest BCUT2D eigenvalue weighted by atomic mass is 9.99. The highest BCUT2D eigenvalue weighted by molar-refractivity contribution is 5.68. The number of ether oxygens (including phenoxy) is 5. The maximum Gasteiger partial charge on any atom is 0.303 e. The number of carbonyl (C=O) groups is 3. The fourth-order valence-corrected chi connectivity index (χ4v) is 2.16. The van der Waals surface area contributed by atoms with Gasteiger partial charge in [-0.2, -0.15) is 0 Å². The second kappa shape index (κ2) is 7.37. The summed E-state index contributed by atoms with van der Waals surface area (Å²) in [5.74, 6) is -1.76. The molecule has 0 aromatic carbocycles. The van der Waals surface area contributed by atoms with Crippen LogP contribution in [0.25, 0.3) is 0 Å². The number of rotatable bonds is 4. The zero-order valence-electron chi connectivity index (χ0n) is 12.7. The third-order valence-electron chi connectivity index (χ3n) is 2.87. The first-order valence-corrected chi connectivity index (χ1v) is 6.46. The van der Waals surface area contributed by atoms with Crippen LogP contribution in [0.2, 0.25) is 0 Å². The topological polar surface area (TPSA) is 97.4 Å². The normalized spacial score (nSPS) is 32.1. The van der Waals surface area contributed by atoms with E-state index in [9.17, 15) is 14.4 Å². The average molecular weight is 304 g/mol. The molecule has 0 spiro atoms. The molecular weight excluding hydrogens is 284 g/mol. The Morgan fingerprint density at radius 1 is 0.810 bits per heavy atom. The van der Waals surface area contributed by atoms with Gasteiger partial charge in [-0.3, -0.25) is 14.4 Å². The summed E-state index contributed by atoms with van der Waals surface area (Å²) in [6.45, 7) is 5.27. The number of hydrogen-bond donors (Lipinski definition) is 0. The van der Waals surface area contributed by atoms with Gasteiger partial charge in [-0.1, -0.05) is 0 Å². The minimum atomic E-state index is -1.03. The van der Waals surface area contributed by atoms with Gasteiger partial charge in [-0.25, -0.2) is 0 Å². The van der Waals surface area contributed by atoms with E-state index in [4.69, 9.17) is 23.7 Å². The van der Waals surface area contributed by atoms with Crippen molar-refractivity contribution in [3.05, 3.63) is 0 Å². The standard InChI is InChI=1S/C13H20O8/c1-6-10(19-7(2)14)11(20-8(3)15)12(21-9(4)16)13(17-5)18-6/h6,10-13H,1-5H3/t6-,10?,11-,12-,13?/m1/s1. The lowest BCUT2D eigenvalue weighted by Gasteiger charge is -2.42. The molecule has 1 aliphatic rings. The summed E-state index contributed by atoms with van der Waals surface area (Å²) in [5.41, 5.74) is 0. The summed E-state index contributed by atoms with van der Waals surface area (Å²) in [6.07, 6.45) is -4.47. The van der Waals surface area contributed by atoms with Gasteiger partial charge in [0.05, 0.1) is 6.10 Å². The molecular formula is C13H20O8. The highest BCUT2D eigenvalue weighted by Gasteiger charge is 2.50. The van der Waals surface area contributed by atoms with E-state index in [-0.39, 0.29) is 0 Å². The van der Waals surface area contributed by atoms with E-state index in [1.807, 2.05) is 0 Å². The summed E-state index contributed by atoms with van der Waals surface area (Å²) in [4.78, 5) is 33.7. The van der Waals surface area contributed by atoms with Crippen molar-refractivity contribution >= 4 is 17.9 Å². The maximum atomic E-state index is 11.3. The molecule has 0 aliphatic carbocycles. The van der Waals surface area contributed by atoms with Crippen LogP contribution in [0, 0.1) is 0 Å². The predicted molar refractivity (Wildman–Crippen MR) is 68.0 cm³/mol. The summed E-state index contributed by atoms with van der Waals surface area (Å²) in [6, 6.07) is 0. The van der Waals surface area contributed by atoms with Gasteiger partial charge in [0.15, 0.2) is 24.6 Å². The molecule has 1 rings (SSSR count). The van der Waals surface area contributed by atoms with Crippen LogP contribution in [-0.2, 0) is 38.1 Å². The van der Waals surface area contributed by atoms with Crippen LogP contribution in [-0.4, -0.2) is 55.7 Å². The van der Waals surface area contributed by atoms with E-state index in [1.54, 1.807) is 6.92 Å². The van der Waals surface area contributed by atoms with Gasteiger partial charge < -0.3 is 23.7 Å². The SMILES string of the molecule is COC1O[C@H](C)C(OC(C)=O)[C@@H](OC(C)=O)[C@H]1OC(C)=O. The van der Waals surface area contributed by atoms with E-state index in [1.165, 1.54) is 27.9 Å². The predicted octanol–water partition coefficient (Wildman–Crippen LogP) is 0.173. The van der Waals surface area contributed by atoms with E-state index in [2.05, 4.69) is 0 Å². The zero-order chi connectivity index (χ0) is 16.2. The lowest BCUT2D eigenvalue weighted by molar-refractivity contribution is -0.294. The molecule has 2 unspecified atom stereocenters. The molecule has 1 saturated heterocycles. The van der Waals surface area contributed by atoms with Gasteiger partial charge in [-0.15, -0.1) is 0 Å². The van der Waals surface area contributed by atoms with E-state index >= 15 is 0 Å². The molecule has 120 valence electrons. The van der Waals surface area contributed by atoms with Gasteiger partial charge >= 0.3 is 17.9 Å². The Bertz CT molecular complexity index is 407. The van der Waals surface area contributed by atoms with Gasteiger partial charge in [0.2, 0.25) is 0 Å². The Labute approximate surface area is 122 Å². The van der Waals surface area contributed by atoms with E-state index in [0.29, 0.717) is 0 Å². The number of carbonyl (C=O) groups excluding carboxylic acids is 3. The minimum absolute atomic E-state index is 0.565. The van der Waals surface area contributed by atoms with Crippen LogP contribution in [0.15, 0.2) is 0 Å². The zero-order valence-corrected chi connectivity index (χ0v) is 12.7. The van der Waals surface area contributed by atoms with Crippen molar-refractivity contribution in [2.45, 2.75) is 58.4 Å². The maximum absolute atomic E-state index is 11.3. The second-order valence-electron chi connectivity index (χ2n) is 4.67. The molecule has 1 aliphatic heterocycles. The molecule has 1 fully saturated rings. The fraction of sp³-hybridized carbons (Fsp3) is 0.769. The van der Waals surface area contributed by atoms with Crippen LogP contribution >= 0.6 is 0 Å². The van der Waals surface area contributed by atoms with Crippen LogP contribution in [0.1, 0.15) is 27.7 Å². The smallest absolute Gasteiger partial charge is 0.303 e. The second-order valence-corrected chi connectivity index (χ2v) is 4.67. The first-order chi connectivity index (χ1) is 9.76. The van der Waals surface area contributed by atoms with Crippen LogP contribution in [0.5, 0.6) is 0 Å². The average Bonchev–Trinajstić information content (AvgIpc) is 2.35. The third-order valence-corrected chi connectivity index (χ3v) is 2.87. The molecule has 0 radical (unpaired) electrons. The highest BCUT2D eigenvalue weighted by atomic mass is 16.7. The lowest BCUT2D eigenvalue weighted by Crippen LogP contribution is -2.60. The molecule has 5 atom stereocenters. The number of hydrogen-bond acceptors (Lipinski definition) is 8. The molecule has 8 nitrogen and oxygen atoms in total. The first kappa shape index (κ1) is 17.4. The van der Waals surface area contributed by atoms with Gasteiger partial charge in [0, 0.05) is 27.9 Å². The minimum Gasteiger partial charge on any atom is -0.456 e.